The zero-order valence-electron chi connectivity index (χ0n) is 9.92. The van der Waals surface area contributed by atoms with Crippen LogP contribution in [0, 0.1) is 0 Å². The number of fused-ring (bicyclic) bond motifs is 1. The first kappa shape index (κ1) is 12.5. The van der Waals surface area contributed by atoms with Crippen molar-refractivity contribution in [2.45, 2.75) is 12.7 Å². The Kier molecular flexibility index (Phi) is 2.81. The van der Waals surface area contributed by atoms with E-state index in [1.165, 1.54) is 18.7 Å². The molecule has 0 saturated carbocycles. The third-order valence-electron chi connectivity index (χ3n) is 2.61. The van der Waals surface area contributed by atoms with Crippen LogP contribution in [0.5, 0.6) is 0 Å². The summed E-state index contributed by atoms with van der Waals surface area (Å²) in [5.74, 6) is 0.290. The molecule has 3 aromatic heterocycles. The van der Waals surface area contributed by atoms with Crippen LogP contribution in [0.15, 0.2) is 35.3 Å². The van der Waals surface area contributed by atoms with E-state index in [0.29, 0.717) is 11.5 Å². The second kappa shape index (κ2) is 4.51. The monoisotopic (exact) mass is 283 g/mol. The molecular formula is C11H8F3N5O. The first-order valence-electron chi connectivity index (χ1n) is 5.59. The van der Waals surface area contributed by atoms with Crippen LogP contribution in [0.25, 0.3) is 5.52 Å². The Morgan fingerprint density at radius 2 is 2.20 bits per heavy atom. The van der Waals surface area contributed by atoms with Crippen molar-refractivity contribution in [3.8, 4) is 0 Å². The molecule has 0 aliphatic heterocycles. The minimum atomic E-state index is -4.49. The van der Waals surface area contributed by atoms with Gasteiger partial charge in [0.15, 0.2) is 11.5 Å². The summed E-state index contributed by atoms with van der Waals surface area (Å²) in [6, 6.07) is 2.59. The molecule has 0 unspecified atom stereocenters. The van der Waals surface area contributed by atoms with Crippen molar-refractivity contribution in [3.05, 3.63) is 42.2 Å². The highest BCUT2D eigenvalue weighted by Crippen LogP contribution is 2.30. The third kappa shape index (κ3) is 2.29. The van der Waals surface area contributed by atoms with Gasteiger partial charge in [-0.2, -0.15) is 18.3 Å². The van der Waals surface area contributed by atoms with E-state index >= 15 is 0 Å². The van der Waals surface area contributed by atoms with Crippen LogP contribution < -0.4 is 5.32 Å². The normalized spacial score (nSPS) is 11.9. The standard InChI is InChI=1S/C11H8F3N5O/c12-11(13,14)9-5-8-10(15-2-3-19(8)17-9)16-6-7-1-4-20-18-7/h1-5H,6H2,(H,15,16). The zero-order valence-corrected chi connectivity index (χ0v) is 9.92. The Morgan fingerprint density at radius 1 is 1.35 bits per heavy atom. The van der Waals surface area contributed by atoms with E-state index in [4.69, 9.17) is 0 Å². The molecule has 0 fully saturated rings. The van der Waals surface area contributed by atoms with Crippen LogP contribution in [0.1, 0.15) is 11.4 Å². The second-order valence-electron chi connectivity index (χ2n) is 3.98. The van der Waals surface area contributed by atoms with Crippen LogP contribution in [-0.2, 0) is 12.7 Å². The number of halogens is 3. The Labute approximate surface area is 110 Å². The van der Waals surface area contributed by atoms with Gasteiger partial charge < -0.3 is 9.84 Å². The summed E-state index contributed by atoms with van der Waals surface area (Å²) >= 11 is 0. The van der Waals surface area contributed by atoms with E-state index in [1.807, 2.05) is 0 Å². The minimum Gasteiger partial charge on any atom is -0.364 e. The summed E-state index contributed by atoms with van der Waals surface area (Å²) in [7, 11) is 0. The molecule has 0 radical (unpaired) electrons. The number of hydrogen-bond donors (Lipinski definition) is 1. The summed E-state index contributed by atoms with van der Waals surface area (Å²) in [6.45, 7) is 0.287. The SMILES string of the molecule is FC(F)(F)c1cc2c(NCc3ccon3)nccn2n1. The summed E-state index contributed by atoms with van der Waals surface area (Å²) in [5.41, 5.74) is -0.109. The van der Waals surface area contributed by atoms with Crippen LogP contribution in [0.2, 0.25) is 0 Å². The fraction of sp³-hybridized carbons (Fsp3) is 0.182. The number of nitrogens with one attached hydrogen (secondary N) is 1. The molecule has 3 aromatic rings. The molecule has 0 aromatic carbocycles. The molecule has 0 amide bonds. The van der Waals surface area contributed by atoms with Gasteiger partial charge in [-0.15, -0.1) is 0 Å². The lowest BCUT2D eigenvalue weighted by Gasteiger charge is -2.04. The lowest BCUT2D eigenvalue weighted by atomic mass is 10.3. The van der Waals surface area contributed by atoms with E-state index in [1.54, 1.807) is 6.07 Å². The van der Waals surface area contributed by atoms with Crippen molar-refractivity contribution in [1.29, 1.82) is 0 Å². The van der Waals surface area contributed by atoms with E-state index < -0.39 is 11.9 Å². The molecule has 0 bridgehead atoms. The van der Waals surface area contributed by atoms with Gasteiger partial charge >= 0.3 is 6.18 Å². The fourth-order valence-corrected chi connectivity index (χ4v) is 1.70. The first-order valence-corrected chi connectivity index (χ1v) is 5.59. The molecular weight excluding hydrogens is 275 g/mol. The maximum atomic E-state index is 12.6. The van der Waals surface area contributed by atoms with Gasteiger partial charge in [0.05, 0.1) is 6.54 Å². The molecule has 0 spiro atoms. The molecule has 20 heavy (non-hydrogen) atoms. The summed E-state index contributed by atoms with van der Waals surface area (Å²) < 4.78 is 43.7. The molecule has 6 nitrogen and oxygen atoms in total. The Balaban J connectivity index is 1.92. The van der Waals surface area contributed by atoms with Crippen molar-refractivity contribution in [1.82, 2.24) is 19.8 Å². The van der Waals surface area contributed by atoms with Gasteiger partial charge in [0, 0.05) is 24.5 Å². The van der Waals surface area contributed by atoms with Crippen LogP contribution in [-0.4, -0.2) is 19.8 Å². The highest BCUT2D eigenvalue weighted by molar-refractivity contribution is 5.67. The van der Waals surface area contributed by atoms with Crippen LogP contribution in [0.3, 0.4) is 0 Å². The molecule has 0 aliphatic rings. The molecule has 0 saturated heterocycles. The van der Waals surface area contributed by atoms with Crippen molar-refractivity contribution in [3.63, 3.8) is 0 Å². The average Bonchev–Trinajstić information content (AvgIpc) is 3.04. The van der Waals surface area contributed by atoms with Gasteiger partial charge in [0.1, 0.15) is 17.5 Å². The van der Waals surface area contributed by atoms with Crippen molar-refractivity contribution in [2.75, 3.05) is 5.32 Å². The molecule has 0 aliphatic carbocycles. The van der Waals surface area contributed by atoms with Gasteiger partial charge in [0.2, 0.25) is 0 Å². The lowest BCUT2D eigenvalue weighted by Crippen LogP contribution is -2.05. The number of alkyl halides is 3. The highest BCUT2D eigenvalue weighted by Gasteiger charge is 2.34. The summed E-state index contributed by atoms with van der Waals surface area (Å²) in [4.78, 5) is 4.00. The molecule has 1 N–H and O–H groups in total. The van der Waals surface area contributed by atoms with Gasteiger partial charge in [-0.1, -0.05) is 5.16 Å². The van der Waals surface area contributed by atoms with Crippen molar-refractivity contribution < 1.29 is 17.7 Å². The largest absolute Gasteiger partial charge is 0.435 e. The van der Waals surface area contributed by atoms with Crippen molar-refractivity contribution in [2.24, 2.45) is 0 Å². The van der Waals surface area contributed by atoms with Gasteiger partial charge in [-0.3, -0.25) is 0 Å². The van der Waals surface area contributed by atoms with Crippen LogP contribution in [0.4, 0.5) is 19.0 Å². The van der Waals surface area contributed by atoms with Crippen LogP contribution >= 0.6 is 0 Å². The van der Waals surface area contributed by atoms with Gasteiger partial charge in [-0.05, 0) is 0 Å². The Morgan fingerprint density at radius 3 is 2.90 bits per heavy atom. The van der Waals surface area contributed by atoms with Crippen molar-refractivity contribution >= 4 is 11.3 Å². The molecule has 0 atom stereocenters. The maximum absolute atomic E-state index is 12.6. The second-order valence-corrected chi connectivity index (χ2v) is 3.98. The predicted octanol–water partition coefficient (Wildman–Crippen LogP) is 2.35. The number of anilines is 1. The smallest absolute Gasteiger partial charge is 0.364 e. The van der Waals surface area contributed by atoms with E-state index in [9.17, 15) is 13.2 Å². The van der Waals surface area contributed by atoms with E-state index in [0.717, 1.165) is 10.6 Å². The van der Waals surface area contributed by atoms with E-state index in [-0.39, 0.29) is 12.1 Å². The lowest BCUT2D eigenvalue weighted by molar-refractivity contribution is -0.141. The molecule has 104 valence electrons. The Hall–Kier alpha value is -2.58. The minimum absolute atomic E-state index is 0.239. The quantitative estimate of drug-likeness (QED) is 0.799. The summed E-state index contributed by atoms with van der Waals surface area (Å²) in [6.07, 6.45) is -0.363. The molecule has 3 rings (SSSR count). The zero-order chi connectivity index (χ0) is 14.2. The third-order valence-corrected chi connectivity index (χ3v) is 2.61. The maximum Gasteiger partial charge on any atom is 0.435 e. The predicted molar refractivity (Wildman–Crippen MR) is 61.8 cm³/mol. The number of nitrogens with zero attached hydrogens (tertiary/aromatic N) is 4. The summed E-state index contributed by atoms with van der Waals surface area (Å²) in [5, 5.41) is 10.0. The van der Waals surface area contributed by atoms with Gasteiger partial charge in [-0.25, -0.2) is 9.50 Å². The number of hydrogen-bond acceptors (Lipinski definition) is 5. The number of aromatic nitrogens is 4. The number of rotatable bonds is 3. The highest BCUT2D eigenvalue weighted by atomic mass is 19.4. The van der Waals surface area contributed by atoms with E-state index in [2.05, 4.69) is 25.1 Å². The Bertz CT molecular complexity index is 719. The fourth-order valence-electron chi connectivity index (χ4n) is 1.70. The molecule has 9 heteroatoms. The average molecular weight is 283 g/mol. The van der Waals surface area contributed by atoms with Gasteiger partial charge in [0.25, 0.3) is 0 Å². The topological polar surface area (TPSA) is 68.2 Å². The first-order chi connectivity index (χ1) is 9.54. The molecule has 3 heterocycles.